The predicted octanol–water partition coefficient (Wildman–Crippen LogP) is 1.05. The second-order valence-electron chi connectivity index (χ2n) is 4.08. The Labute approximate surface area is 119 Å². The molecule has 1 unspecified atom stereocenters. The van der Waals surface area contributed by atoms with Gasteiger partial charge in [-0.1, -0.05) is 18.2 Å². The second-order valence-corrected chi connectivity index (χ2v) is 4.08. The van der Waals surface area contributed by atoms with Crippen molar-refractivity contribution >= 4 is 11.9 Å². The van der Waals surface area contributed by atoms with Gasteiger partial charge in [-0.2, -0.15) is 8.78 Å². The summed E-state index contributed by atoms with van der Waals surface area (Å²) in [6.07, 6.45) is -0.281. The highest BCUT2D eigenvalue weighted by molar-refractivity contribution is 5.85. The van der Waals surface area contributed by atoms with E-state index in [2.05, 4.69) is 14.8 Å². The van der Waals surface area contributed by atoms with E-state index in [9.17, 15) is 18.4 Å². The van der Waals surface area contributed by atoms with Crippen molar-refractivity contribution in [2.24, 2.45) is 0 Å². The van der Waals surface area contributed by atoms with Gasteiger partial charge < -0.3 is 19.9 Å². The molecule has 0 spiro atoms. The molecule has 0 aromatic heterocycles. The highest BCUT2D eigenvalue weighted by Crippen LogP contribution is 2.20. The molecular weight excluding hydrogens is 288 g/mol. The molecule has 1 aromatic rings. The molecule has 21 heavy (non-hydrogen) atoms. The standard InChI is InChI=1S/C13H15F2NO5/c1-20-7-9(12(18)19)16-11(17)6-8-4-2-3-5-10(8)21-13(14)15/h2-5,9,13H,6-7H2,1H3,(H,16,17)(H,18,19). The molecule has 0 fully saturated rings. The smallest absolute Gasteiger partial charge is 0.387 e. The normalized spacial score (nSPS) is 12.0. The molecule has 0 bridgehead atoms. The van der Waals surface area contributed by atoms with Gasteiger partial charge in [0.2, 0.25) is 5.91 Å². The Bertz CT molecular complexity index is 495. The van der Waals surface area contributed by atoms with Gasteiger partial charge in [0.15, 0.2) is 6.04 Å². The third kappa shape index (κ3) is 5.74. The highest BCUT2D eigenvalue weighted by atomic mass is 19.3. The first kappa shape index (κ1) is 16.8. The molecule has 8 heteroatoms. The van der Waals surface area contributed by atoms with Gasteiger partial charge in [-0.05, 0) is 6.07 Å². The Balaban J connectivity index is 2.72. The van der Waals surface area contributed by atoms with Crippen LogP contribution in [0.5, 0.6) is 5.75 Å². The fraction of sp³-hybridized carbons (Fsp3) is 0.385. The minimum atomic E-state index is -3.01. The molecule has 2 N–H and O–H groups in total. The number of nitrogens with one attached hydrogen (secondary N) is 1. The van der Waals surface area contributed by atoms with Crippen molar-refractivity contribution < 1.29 is 33.0 Å². The molecule has 0 heterocycles. The number of methoxy groups -OCH3 is 1. The number of carbonyl (C=O) groups excluding carboxylic acids is 1. The lowest BCUT2D eigenvalue weighted by Crippen LogP contribution is -2.44. The summed E-state index contributed by atoms with van der Waals surface area (Å²) in [5.41, 5.74) is 0.233. The average Bonchev–Trinajstić information content (AvgIpc) is 2.39. The number of benzene rings is 1. The van der Waals surface area contributed by atoms with Crippen molar-refractivity contribution in [1.82, 2.24) is 5.32 Å². The molecule has 0 radical (unpaired) electrons. The van der Waals surface area contributed by atoms with Crippen LogP contribution in [0.15, 0.2) is 24.3 Å². The van der Waals surface area contributed by atoms with Gasteiger partial charge in [0.05, 0.1) is 13.0 Å². The van der Waals surface area contributed by atoms with Gasteiger partial charge in [-0.3, -0.25) is 4.79 Å². The maximum atomic E-state index is 12.2. The molecule has 1 amide bonds. The number of alkyl halides is 2. The number of ether oxygens (including phenoxy) is 2. The Kier molecular flexibility index (Phi) is 6.54. The van der Waals surface area contributed by atoms with E-state index >= 15 is 0 Å². The number of hydrogen-bond donors (Lipinski definition) is 2. The summed E-state index contributed by atoms with van der Waals surface area (Å²) in [4.78, 5) is 22.6. The number of para-hydroxylation sites is 1. The van der Waals surface area contributed by atoms with Crippen molar-refractivity contribution in [3.63, 3.8) is 0 Å². The summed E-state index contributed by atoms with van der Waals surface area (Å²) in [7, 11) is 1.30. The second kappa shape index (κ2) is 8.15. The van der Waals surface area contributed by atoms with Gasteiger partial charge in [0.25, 0.3) is 0 Å². The third-order valence-electron chi connectivity index (χ3n) is 2.51. The van der Waals surface area contributed by atoms with E-state index in [0.717, 1.165) is 0 Å². The van der Waals surface area contributed by atoms with Gasteiger partial charge >= 0.3 is 12.6 Å². The molecule has 0 saturated heterocycles. The number of carboxylic acid groups (broad SMARTS) is 1. The molecule has 0 saturated carbocycles. The van der Waals surface area contributed by atoms with E-state index < -0.39 is 24.5 Å². The summed E-state index contributed by atoms with van der Waals surface area (Å²) in [6, 6.07) is 4.60. The predicted molar refractivity (Wildman–Crippen MR) is 68.2 cm³/mol. The van der Waals surface area contributed by atoms with E-state index in [1.807, 2.05) is 0 Å². The van der Waals surface area contributed by atoms with E-state index in [1.54, 1.807) is 6.07 Å². The first-order valence-electron chi connectivity index (χ1n) is 5.98. The van der Waals surface area contributed by atoms with Gasteiger partial charge in [-0.25, -0.2) is 4.79 Å². The van der Waals surface area contributed by atoms with Gasteiger partial charge in [0.1, 0.15) is 5.75 Å². The molecule has 0 aliphatic heterocycles. The Morgan fingerprint density at radius 1 is 1.33 bits per heavy atom. The minimum Gasteiger partial charge on any atom is -0.480 e. The first-order valence-corrected chi connectivity index (χ1v) is 5.98. The number of aliphatic carboxylic acids is 1. The summed E-state index contributed by atoms with van der Waals surface area (Å²) in [6.45, 7) is -3.20. The van der Waals surface area contributed by atoms with Crippen molar-refractivity contribution in [3.05, 3.63) is 29.8 Å². The lowest BCUT2D eigenvalue weighted by molar-refractivity contribution is -0.143. The monoisotopic (exact) mass is 303 g/mol. The van der Waals surface area contributed by atoms with Crippen LogP contribution >= 0.6 is 0 Å². The van der Waals surface area contributed by atoms with Crippen LogP contribution in [0.1, 0.15) is 5.56 Å². The highest BCUT2D eigenvalue weighted by Gasteiger charge is 2.20. The summed E-state index contributed by atoms with van der Waals surface area (Å²) in [5.74, 6) is -2.01. The maximum absolute atomic E-state index is 12.2. The summed E-state index contributed by atoms with van der Waals surface area (Å²) < 4.78 is 33.4. The Morgan fingerprint density at radius 2 is 2.00 bits per heavy atom. The third-order valence-corrected chi connectivity index (χ3v) is 2.51. The number of carbonyl (C=O) groups is 2. The number of rotatable bonds is 8. The minimum absolute atomic E-state index is 0.124. The lowest BCUT2D eigenvalue weighted by atomic mass is 10.1. The topological polar surface area (TPSA) is 84.9 Å². The van der Waals surface area contributed by atoms with Crippen LogP contribution in [-0.4, -0.2) is 43.4 Å². The van der Waals surface area contributed by atoms with Crippen LogP contribution in [-0.2, 0) is 20.7 Å². The van der Waals surface area contributed by atoms with E-state index in [0.29, 0.717) is 0 Å². The fourth-order valence-corrected chi connectivity index (χ4v) is 1.62. The lowest BCUT2D eigenvalue weighted by Gasteiger charge is -2.14. The summed E-state index contributed by atoms with van der Waals surface area (Å²) in [5, 5.41) is 11.1. The Morgan fingerprint density at radius 3 is 2.57 bits per heavy atom. The number of halogens is 2. The van der Waals surface area contributed by atoms with E-state index in [4.69, 9.17) is 5.11 Å². The molecule has 116 valence electrons. The van der Waals surface area contributed by atoms with Crippen LogP contribution in [0.25, 0.3) is 0 Å². The first-order chi connectivity index (χ1) is 9.93. The molecule has 1 aromatic carbocycles. The molecule has 6 nitrogen and oxygen atoms in total. The SMILES string of the molecule is COCC(NC(=O)Cc1ccccc1OC(F)F)C(=O)O. The van der Waals surface area contributed by atoms with Crippen molar-refractivity contribution in [2.45, 2.75) is 19.1 Å². The molecule has 1 atom stereocenters. The van der Waals surface area contributed by atoms with Crippen LogP contribution in [0.4, 0.5) is 8.78 Å². The number of hydrogen-bond acceptors (Lipinski definition) is 4. The number of amides is 1. The van der Waals surface area contributed by atoms with Crippen molar-refractivity contribution in [3.8, 4) is 5.75 Å². The molecule has 1 rings (SSSR count). The van der Waals surface area contributed by atoms with Gasteiger partial charge in [-0.15, -0.1) is 0 Å². The van der Waals surface area contributed by atoms with Crippen molar-refractivity contribution in [1.29, 1.82) is 0 Å². The van der Waals surface area contributed by atoms with Crippen LogP contribution in [0.3, 0.4) is 0 Å². The summed E-state index contributed by atoms with van der Waals surface area (Å²) >= 11 is 0. The van der Waals surface area contributed by atoms with Crippen LogP contribution in [0.2, 0.25) is 0 Å². The van der Waals surface area contributed by atoms with E-state index in [-0.39, 0.29) is 24.3 Å². The number of carboxylic acids is 1. The molecular formula is C13H15F2NO5. The van der Waals surface area contributed by atoms with E-state index in [1.165, 1.54) is 25.3 Å². The maximum Gasteiger partial charge on any atom is 0.387 e. The van der Waals surface area contributed by atoms with Crippen LogP contribution in [0, 0.1) is 0 Å². The fourth-order valence-electron chi connectivity index (χ4n) is 1.62. The van der Waals surface area contributed by atoms with Crippen LogP contribution < -0.4 is 10.1 Å². The largest absolute Gasteiger partial charge is 0.480 e. The zero-order valence-electron chi connectivity index (χ0n) is 11.2. The average molecular weight is 303 g/mol. The zero-order valence-corrected chi connectivity index (χ0v) is 11.2. The molecule has 0 aliphatic rings. The molecule has 0 aliphatic carbocycles. The quantitative estimate of drug-likeness (QED) is 0.750. The van der Waals surface area contributed by atoms with Crippen molar-refractivity contribution in [2.75, 3.05) is 13.7 Å². The zero-order chi connectivity index (χ0) is 15.8. The van der Waals surface area contributed by atoms with Gasteiger partial charge in [0, 0.05) is 12.7 Å². The Hall–Kier alpha value is -2.22.